The first-order valence-corrected chi connectivity index (χ1v) is 11.9. The second-order valence-corrected chi connectivity index (χ2v) is 9.75. The molecule has 2 aromatic rings. The lowest BCUT2D eigenvalue weighted by Crippen LogP contribution is -2.30. The van der Waals surface area contributed by atoms with E-state index in [0.29, 0.717) is 23.6 Å². The third kappa shape index (κ3) is 5.82. The van der Waals surface area contributed by atoms with Crippen LogP contribution in [0.1, 0.15) is 80.8 Å². The molecule has 0 aliphatic carbocycles. The first-order chi connectivity index (χ1) is 16.0. The Labute approximate surface area is 202 Å². The van der Waals surface area contributed by atoms with Gasteiger partial charge in [0.2, 0.25) is 0 Å². The van der Waals surface area contributed by atoms with Crippen LogP contribution in [0, 0.1) is 5.41 Å². The summed E-state index contributed by atoms with van der Waals surface area (Å²) in [7, 11) is 0. The Balaban J connectivity index is 1.74. The molecule has 0 radical (unpaired) electrons. The van der Waals surface area contributed by atoms with Crippen molar-refractivity contribution in [1.29, 1.82) is 5.41 Å². The van der Waals surface area contributed by atoms with Gasteiger partial charge in [-0.3, -0.25) is 10.2 Å². The molecule has 0 saturated heterocycles. The number of amidine groups is 1. The fraction of sp³-hybridized carbons (Fsp3) is 0.481. The minimum absolute atomic E-state index is 0.0819. The van der Waals surface area contributed by atoms with Crippen LogP contribution >= 0.6 is 0 Å². The molecule has 34 heavy (non-hydrogen) atoms. The van der Waals surface area contributed by atoms with Crippen LogP contribution < -0.4 is 4.74 Å². The molecule has 0 bridgehead atoms. The zero-order chi connectivity index (χ0) is 25.0. The number of hydrogen-bond donors (Lipinski definition) is 1. The Morgan fingerprint density at radius 1 is 1.18 bits per heavy atom. The second-order valence-electron chi connectivity index (χ2n) is 9.75. The smallest absolute Gasteiger partial charge is 0.344 e. The van der Waals surface area contributed by atoms with Crippen LogP contribution in [0.5, 0.6) is 5.75 Å². The molecule has 3 rings (SSSR count). The molecule has 0 saturated carbocycles. The normalized spacial score (nSPS) is 14.1. The molecule has 1 unspecified atom stereocenters. The lowest BCUT2D eigenvalue weighted by atomic mass is 9.85. The van der Waals surface area contributed by atoms with Gasteiger partial charge in [-0.25, -0.2) is 9.78 Å². The fourth-order valence-corrected chi connectivity index (χ4v) is 3.79. The number of aromatic nitrogens is 1. The monoisotopic (exact) mass is 465 g/mol. The van der Waals surface area contributed by atoms with E-state index in [9.17, 15) is 9.59 Å². The summed E-state index contributed by atoms with van der Waals surface area (Å²) in [6, 6.07) is 9.26. The number of carbonyl (C=O) groups is 2. The minimum atomic E-state index is -0.415. The van der Waals surface area contributed by atoms with Crippen LogP contribution in [0.4, 0.5) is 0 Å². The highest BCUT2D eigenvalue weighted by atomic mass is 16.6. The van der Waals surface area contributed by atoms with Gasteiger partial charge in [-0.2, -0.15) is 0 Å². The van der Waals surface area contributed by atoms with Crippen molar-refractivity contribution in [2.75, 3.05) is 13.2 Å². The number of hydrogen-bond acceptors (Lipinski definition) is 6. The van der Waals surface area contributed by atoms with Gasteiger partial charge >= 0.3 is 5.97 Å². The molecule has 7 heteroatoms. The third-order valence-corrected chi connectivity index (χ3v) is 6.00. The number of carbonyl (C=O) groups excluding carboxylic acids is 2. The standard InChI is InChI=1S/C27H35N3O4/c1-7-17(3)34-24(32)16-33-23-12-10-18(13-21(23)27(4,5)6)22(31)15-30-14-19-9-11-20(8-2)29-25(19)26(30)28/h9-13,17,28H,7-8,14-16H2,1-6H3. The highest BCUT2D eigenvalue weighted by Gasteiger charge is 2.28. The Bertz CT molecular complexity index is 1090. The lowest BCUT2D eigenvalue weighted by molar-refractivity contribution is -0.150. The second kappa shape index (κ2) is 10.4. The van der Waals surface area contributed by atoms with Crippen LogP contribution in [0.15, 0.2) is 30.3 Å². The summed E-state index contributed by atoms with van der Waals surface area (Å²) in [6.07, 6.45) is 1.39. The van der Waals surface area contributed by atoms with Gasteiger partial charge in [0.05, 0.1) is 12.6 Å². The van der Waals surface area contributed by atoms with Crippen molar-refractivity contribution in [3.63, 3.8) is 0 Å². The van der Waals surface area contributed by atoms with Crippen molar-refractivity contribution < 1.29 is 19.1 Å². The van der Waals surface area contributed by atoms with Gasteiger partial charge in [-0.15, -0.1) is 0 Å². The average Bonchev–Trinajstić information content (AvgIpc) is 3.11. The Morgan fingerprint density at radius 2 is 1.91 bits per heavy atom. The van der Waals surface area contributed by atoms with Crippen molar-refractivity contribution in [3.05, 3.63) is 58.4 Å². The molecule has 1 aromatic heterocycles. The van der Waals surface area contributed by atoms with Gasteiger partial charge in [0.1, 0.15) is 17.3 Å². The minimum Gasteiger partial charge on any atom is -0.482 e. The van der Waals surface area contributed by atoms with E-state index in [4.69, 9.17) is 14.9 Å². The summed E-state index contributed by atoms with van der Waals surface area (Å²) in [4.78, 5) is 31.5. The van der Waals surface area contributed by atoms with E-state index in [2.05, 4.69) is 4.98 Å². The predicted octanol–water partition coefficient (Wildman–Crippen LogP) is 4.69. The number of rotatable bonds is 9. The molecule has 1 N–H and O–H groups in total. The molecule has 1 atom stereocenters. The van der Waals surface area contributed by atoms with E-state index >= 15 is 0 Å². The molecular formula is C27H35N3O4. The number of pyridine rings is 1. The summed E-state index contributed by atoms with van der Waals surface area (Å²) >= 11 is 0. The molecule has 2 heterocycles. The number of benzene rings is 1. The molecule has 182 valence electrons. The van der Waals surface area contributed by atoms with Crippen LogP contribution in [0.2, 0.25) is 0 Å². The number of nitrogens with one attached hydrogen (secondary N) is 1. The molecule has 7 nitrogen and oxygen atoms in total. The highest BCUT2D eigenvalue weighted by Crippen LogP contribution is 2.33. The third-order valence-electron chi connectivity index (χ3n) is 6.00. The predicted molar refractivity (Wildman–Crippen MR) is 132 cm³/mol. The van der Waals surface area contributed by atoms with Crippen molar-refractivity contribution in [2.45, 2.75) is 72.4 Å². The first kappa shape index (κ1) is 25.4. The summed E-state index contributed by atoms with van der Waals surface area (Å²) in [5, 5.41) is 8.50. The molecule has 1 aliphatic heterocycles. The summed E-state index contributed by atoms with van der Waals surface area (Å²) in [6.45, 7) is 12.3. The summed E-state index contributed by atoms with van der Waals surface area (Å²) in [5.74, 6) is 0.347. The molecular weight excluding hydrogens is 430 g/mol. The van der Waals surface area contributed by atoms with Crippen LogP contribution in [-0.4, -0.2) is 46.7 Å². The summed E-state index contributed by atoms with van der Waals surface area (Å²) in [5.41, 5.74) is 3.65. The lowest BCUT2D eigenvalue weighted by Gasteiger charge is -2.24. The van der Waals surface area contributed by atoms with Crippen molar-refractivity contribution >= 4 is 17.6 Å². The Morgan fingerprint density at radius 3 is 2.56 bits per heavy atom. The average molecular weight is 466 g/mol. The number of ketones is 1. The fourth-order valence-electron chi connectivity index (χ4n) is 3.79. The van der Waals surface area contributed by atoms with Crippen molar-refractivity contribution in [2.24, 2.45) is 0 Å². The largest absolute Gasteiger partial charge is 0.482 e. The maximum Gasteiger partial charge on any atom is 0.344 e. The molecule has 0 amide bonds. The zero-order valence-electron chi connectivity index (χ0n) is 21.0. The van der Waals surface area contributed by atoms with Gasteiger partial charge in [0.15, 0.2) is 12.4 Å². The number of ether oxygens (including phenoxy) is 2. The number of aryl methyl sites for hydroxylation is 1. The topological polar surface area (TPSA) is 92.6 Å². The molecule has 0 fully saturated rings. The molecule has 1 aliphatic rings. The van der Waals surface area contributed by atoms with Crippen molar-refractivity contribution in [3.8, 4) is 5.75 Å². The highest BCUT2D eigenvalue weighted by molar-refractivity contribution is 6.04. The van der Waals surface area contributed by atoms with E-state index in [1.165, 1.54) is 0 Å². The van der Waals surface area contributed by atoms with E-state index in [0.717, 1.165) is 29.7 Å². The van der Waals surface area contributed by atoms with Gasteiger partial charge < -0.3 is 14.4 Å². The Kier molecular flexibility index (Phi) is 7.75. The molecule has 0 spiro atoms. The quantitative estimate of drug-likeness (QED) is 0.427. The SMILES string of the molecule is CCc1ccc2c(n1)C(=N)N(CC(=O)c1ccc(OCC(=O)OC(C)CC)c(C(C)(C)C)c1)C2. The number of Topliss-reactive ketones (excluding diaryl/α,β-unsaturated/α-hetero) is 1. The van der Waals surface area contributed by atoms with Crippen molar-refractivity contribution in [1.82, 2.24) is 9.88 Å². The first-order valence-electron chi connectivity index (χ1n) is 11.9. The Hall–Kier alpha value is -3.22. The number of esters is 1. The van der Waals surface area contributed by atoms with Gasteiger partial charge in [0, 0.05) is 28.9 Å². The van der Waals surface area contributed by atoms with E-state index in [1.54, 1.807) is 17.0 Å². The van der Waals surface area contributed by atoms with E-state index in [1.807, 2.05) is 59.7 Å². The van der Waals surface area contributed by atoms with Gasteiger partial charge in [0.25, 0.3) is 0 Å². The van der Waals surface area contributed by atoms with Gasteiger partial charge in [-0.1, -0.05) is 40.7 Å². The summed E-state index contributed by atoms with van der Waals surface area (Å²) < 4.78 is 11.1. The van der Waals surface area contributed by atoms with Crippen LogP contribution in [-0.2, 0) is 27.9 Å². The number of nitrogens with zero attached hydrogens (tertiary/aromatic N) is 2. The number of fused-ring (bicyclic) bond motifs is 1. The van der Waals surface area contributed by atoms with Gasteiger partial charge in [-0.05, 0) is 49.4 Å². The van der Waals surface area contributed by atoms with E-state index in [-0.39, 0.29) is 36.3 Å². The molecule has 1 aromatic carbocycles. The maximum atomic E-state index is 13.2. The zero-order valence-corrected chi connectivity index (χ0v) is 21.0. The maximum absolute atomic E-state index is 13.2. The van der Waals surface area contributed by atoms with E-state index < -0.39 is 5.97 Å². The van der Waals surface area contributed by atoms with Crippen LogP contribution in [0.3, 0.4) is 0 Å². The van der Waals surface area contributed by atoms with Crippen LogP contribution in [0.25, 0.3) is 0 Å².